The predicted molar refractivity (Wildman–Crippen MR) is 99.3 cm³/mol. The number of nitrogens with two attached hydrogens (primary N) is 1. The van der Waals surface area contributed by atoms with Crippen molar-refractivity contribution < 1.29 is 12.8 Å². The van der Waals surface area contributed by atoms with Crippen molar-refractivity contribution in [3.8, 4) is 0 Å². The number of sulfonamides is 1. The molecule has 0 aliphatic heterocycles. The third-order valence-electron chi connectivity index (χ3n) is 3.32. The number of aliphatic imine (C=N–C) groups is 1. The van der Waals surface area contributed by atoms with Gasteiger partial charge in [0.1, 0.15) is 10.7 Å². The number of hydrogen-bond donors (Lipinski definition) is 2. The maximum Gasteiger partial charge on any atom is 0.242 e. The minimum atomic E-state index is -3.80. The summed E-state index contributed by atoms with van der Waals surface area (Å²) in [5.74, 6) is -0.203. The van der Waals surface area contributed by atoms with Crippen molar-refractivity contribution in [2.24, 2.45) is 10.7 Å². The Morgan fingerprint density at radius 2 is 2.17 bits per heavy atom. The second-order valence-corrected chi connectivity index (χ2v) is 7.20. The van der Waals surface area contributed by atoms with E-state index in [0.717, 1.165) is 31.0 Å². The molecule has 0 heterocycles. The van der Waals surface area contributed by atoms with Crippen LogP contribution in [0, 0.1) is 5.82 Å². The molecule has 130 valence electrons. The van der Waals surface area contributed by atoms with Crippen molar-refractivity contribution in [2.75, 3.05) is 20.1 Å². The molecule has 0 unspecified atom stereocenters. The van der Waals surface area contributed by atoms with Gasteiger partial charge in [-0.15, -0.1) is 24.0 Å². The number of halogens is 3. The summed E-state index contributed by atoms with van der Waals surface area (Å²) in [5.41, 5.74) is 5.80. The van der Waals surface area contributed by atoms with E-state index >= 15 is 0 Å². The molecular formula is C13H19ClFIN4O2S. The van der Waals surface area contributed by atoms with E-state index in [4.69, 9.17) is 17.3 Å². The topological polar surface area (TPSA) is 87.8 Å². The minimum absolute atomic E-state index is 0. The normalized spacial score (nSPS) is 15.2. The summed E-state index contributed by atoms with van der Waals surface area (Å²) in [5, 5.41) is -0.163. The molecule has 23 heavy (non-hydrogen) atoms. The molecular weight excluding hydrogens is 458 g/mol. The molecule has 1 aromatic rings. The number of rotatable bonds is 6. The van der Waals surface area contributed by atoms with Crippen LogP contribution in [0.5, 0.6) is 0 Å². The largest absolute Gasteiger partial charge is 0.370 e. The van der Waals surface area contributed by atoms with Gasteiger partial charge in [0.2, 0.25) is 10.0 Å². The Morgan fingerprint density at radius 3 is 2.74 bits per heavy atom. The van der Waals surface area contributed by atoms with E-state index < -0.39 is 15.8 Å². The van der Waals surface area contributed by atoms with E-state index in [0.29, 0.717) is 12.0 Å². The molecule has 0 amide bonds. The lowest BCUT2D eigenvalue weighted by Gasteiger charge is -2.16. The van der Waals surface area contributed by atoms with Gasteiger partial charge in [-0.1, -0.05) is 11.6 Å². The van der Waals surface area contributed by atoms with Crippen molar-refractivity contribution in [3.05, 3.63) is 29.0 Å². The van der Waals surface area contributed by atoms with Crippen LogP contribution in [0.2, 0.25) is 5.02 Å². The van der Waals surface area contributed by atoms with Gasteiger partial charge in [0.15, 0.2) is 5.96 Å². The van der Waals surface area contributed by atoms with Crippen molar-refractivity contribution >= 4 is 51.6 Å². The fourth-order valence-corrected chi connectivity index (χ4v) is 3.43. The number of nitrogens with zero attached hydrogens (tertiary/aromatic N) is 2. The van der Waals surface area contributed by atoms with Crippen LogP contribution in [0.3, 0.4) is 0 Å². The zero-order chi connectivity index (χ0) is 16.3. The molecule has 0 spiro atoms. The summed E-state index contributed by atoms with van der Waals surface area (Å²) in [7, 11) is -1.94. The number of benzene rings is 1. The van der Waals surface area contributed by atoms with E-state index in [2.05, 4.69) is 9.71 Å². The summed E-state index contributed by atoms with van der Waals surface area (Å²) in [6.07, 6.45) is 2.20. The molecule has 1 aromatic carbocycles. The van der Waals surface area contributed by atoms with Crippen LogP contribution in [-0.4, -0.2) is 45.5 Å². The molecule has 1 aliphatic carbocycles. The smallest absolute Gasteiger partial charge is 0.242 e. The highest BCUT2D eigenvalue weighted by atomic mass is 127. The van der Waals surface area contributed by atoms with Gasteiger partial charge >= 0.3 is 0 Å². The Bertz CT molecular complexity index is 683. The second-order valence-electron chi connectivity index (χ2n) is 5.05. The summed E-state index contributed by atoms with van der Waals surface area (Å²) in [6.45, 7) is 0.288. The molecule has 1 aliphatic rings. The van der Waals surface area contributed by atoms with Gasteiger partial charge in [-0.25, -0.2) is 17.5 Å². The summed E-state index contributed by atoms with van der Waals surface area (Å²) >= 11 is 5.75. The van der Waals surface area contributed by atoms with Crippen LogP contribution in [0.4, 0.5) is 4.39 Å². The van der Waals surface area contributed by atoms with Crippen LogP contribution < -0.4 is 10.5 Å². The number of hydrogen-bond acceptors (Lipinski definition) is 3. The van der Waals surface area contributed by atoms with Crippen LogP contribution in [-0.2, 0) is 10.0 Å². The highest BCUT2D eigenvalue weighted by Gasteiger charge is 2.27. The van der Waals surface area contributed by atoms with Crippen LogP contribution in [0.1, 0.15) is 12.8 Å². The van der Waals surface area contributed by atoms with Gasteiger partial charge in [-0.05, 0) is 31.0 Å². The molecule has 0 atom stereocenters. The molecule has 0 saturated heterocycles. The first kappa shape index (κ1) is 20.4. The molecule has 0 radical (unpaired) electrons. The third-order valence-corrected chi connectivity index (χ3v) is 5.26. The fraction of sp³-hybridized carbons (Fsp3) is 0.462. The Labute approximate surface area is 157 Å². The SMILES string of the molecule is CN(C(N)=NCCNS(=O)(=O)c1ccc(F)cc1Cl)C1CC1.I. The molecule has 2 rings (SSSR count). The molecule has 6 nitrogen and oxygen atoms in total. The summed E-state index contributed by atoms with van der Waals surface area (Å²) in [6, 6.07) is 3.56. The first-order valence-electron chi connectivity index (χ1n) is 6.79. The molecule has 1 saturated carbocycles. The predicted octanol–water partition coefficient (Wildman–Crippen LogP) is 1.78. The summed E-state index contributed by atoms with van der Waals surface area (Å²) in [4.78, 5) is 5.84. The Kier molecular flexibility index (Phi) is 7.49. The van der Waals surface area contributed by atoms with E-state index in [-0.39, 0.29) is 47.0 Å². The molecule has 0 bridgehead atoms. The van der Waals surface area contributed by atoms with Crippen molar-refractivity contribution in [1.82, 2.24) is 9.62 Å². The molecule has 0 aromatic heterocycles. The van der Waals surface area contributed by atoms with E-state index in [1.165, 1.54) is 0 Å². The van der Waals surface area contributed by atoms with Gasteiger partial charge in [-0.3, -0.25) is 4.99 Å². The van der Waals surface area contributed by atoms with Gasteiger partial charge in [-0.2, -0.15) is 0 Å². The zero-order valence-corrected chi connectivity index (χ0v) is 16.4. The van der Waals surface area contributed by atoms with Crippen molar-refractivity contribution in [2.45, 2.75) is 23.8 Å². The lowest BCUT2D eigenvalue weighted by Crippen LogP contribution is -2.36. The number of guanidine groups is 1. The third kappa shape index (κ3) is 5.73. The molecule has 1 fully saturated rings. The maximum atomic E-state index is 12.9. The highest BCUT2D eigenvalue weighted by molar-refractivity contribution is 14.0. The fourth-order valence-electron chi connectivity index (χ4n) is 1.88. The molecule has 3 N–H and O–H groups in total. The van der Waals surface area contributed by atoms with E-state index in [1.807, 2.05) is 11.9 Å². The van der Waals surface area contributed by atoms with Gasteiger partial charge in [0.05, 0.1) is 11.6 Å². The lowest BCUT2D eigenvalue weighted by molar-refractivity contribution is 0.487. The van der Waals surface area contributed by atoms with Crippen molar-refractivity contribution in [3.63, 3.8) is 0 Å². The molecule has 10 heteroatoms. The zero-order valence-electron chi connectivity index (χ0n) is 12.5. The quantitative estimate of drug-likeness (QED) is 0.284. The van der Waals surface area contributed by atoms with Crippen LogP contribution in [0.25, 0.3) is 0 Å². The average molecular weight is 477 g/mol. The second kappa shape index (κ2) is 8.45. The number of nitrogens with one attached hydrogen (secondary N) is 1. The summed E-state index contributed by atoms with van der Waals surface area (Å²) < 4.78 is 39.4. The maximum absolute atomic E-state index is 12.9. The van der Waals surface area contributed by atoms with Gasteiger partial charge in [0, 0.05) is 19.6 Å². The van der Waals surface area contributed by atoms with Gasteiger partial charge in [0.25, 0.3) is 0 Å². The lowest BCUT2D eigenvalue weighted by atomic mass is 10.3. The Morgan fingerprint density at radius 1 is 1.52 bits per heavy atom. The van der Waals surface area contributed by atoms with E-state index in [9.17, 15) is 12.8 Å². The van der Waals surface area contributed by atoms with E-state index in [1.54, 1.807) is 0 Å². The first-order chi connectivity index (χ1) is 10.3. The average Bonchev–Trinajstić information content (AvgIpc) is 3.26. The van der Waals surface area contributed by atoms with Crippen LogP contribution in [0.15, 0.2) is 28.1 Å². The van der Waals surface area contributed by atoms with Gasteiger partial charge < -0.3 is 10.6 Å². The monoisotopic (exact) mass is 476 g/mol. The van der Waals surface area contributed by atoms with Crippen molar-refractivity contribution in [1.29, 1.82) is 0 Å². The first-order valence-corrected chi connectivity index (χ1v) is 8.65. The Balaban J connectivity index is 0.00000264. The Hall–Kier alpha value is -0.650. The van der Waals surface area contributed by atoms with Crippen LogP contribution >= 0.6 is 35.6 Å². The minimum Gasteiger partial charge on any atom is -0.370 e. The highest BCUT2D eigenvalue weighted by Crippen LogP contribution is 2.24. The standard InChI is InChI=1S/C13H18ClFN4O2S.HI/c1-19(10-3-4-10)13(16)17-6-7-18-22(20,21)12-5-2-9(15)8-11(12)14;/h2,5,8,10,18H,3-4,6-7H2,1H3,(H2,16,17);1H.